The summed E-state index contributed by atoms with van der Waals surface area (Å²) in [4.78, 5) is 11.7. The summed E-state index contributed by atoms with van der Waals surface area (Å²) >= 11 is 0. The van der Waals surface area contributed by atoms with Crippen LogP contribution in [0, 0.1) is 50.2 Å². The zero-order valence-corrected chi connectivity index (χ0v) is 29.3. The molecule has 0 bridgehead atoms. The Bertz CT molecular complexity index is 1240. The van der Waals surface area contributed by atoms with Gasteiger partial charge in [0.15, 0.2) is 12.4 Å². The Labute approximate surface area is 275 Å². The van der Waals surface area contributed by atoms with E-state index in [1.165, 1.54) is 6.42 Å². The van der Waals surface area contributed by atoms with Crippen molar-refractivity contribution in [3.05, 3.63) is 11.6 Å². The van der Waals surface area contributed by atoms with Gasteiger partial charge in [0.05, 0.1) is 18.8 Å². The number of hydrogen-bond acceptors (Lipinski definition) is 8. The number of hydrogen-bond donors (Lipinski definition) is 5. The fourth-order valence-electron chi connectivity index (χ4n) is 12.5. The van der Waals surface area contributed by atoms with Gasteiger partial charge in [0.1, 0.15) is 18.3 Å². The van der Waals surface area contributed by atoms with Gasteiger partial charge in [-0.3, -0.25) is 0 Å². The number of aliphatic carboxylic acids is 1. The molecule has 262 valence electrons. The van der Waals surface area contributed by atoms with E-state index in [-0.39, 0.29) is 45.7 Å². The van der Waals surface area contributed by atoms with Gasteiger partial charge in [-0.05, 0) is 97.2 Å². The van der Waals surface area contributed by atoms with Gasteiger partial charge in [0.2, 0.25) is 0 Å². The van der Waals surface area contributed by atoms with E-state index in [0.717, 1.165) is 44.9 Å². The minimum atomic E-state index is -1.77. The predicted molar refractivity (Wildman–Crippen MR) is 171 cm³/mol. The average Bonchev–Trinajstić information content (AvgIpc) is 2.98. The number of fused-ring (bicyclic) bond motifs is 7. The van der Waals surface area contributed by atoms with Gasteiger partial charge in [-0.2, -0.15) is 0 Å². The van der Waals surface area contributed by atoms with Crippen LogP contribution in [0.2, 0.25) is 0 Å². The first-order chi connectivity index (χ1) is 21.3. The highest BCUT2D eigenvalue weighted by Crippen LogP contribution is 2.75. The van der Waals surface area contributed by atoms with Crippen molar-refractivity contribution in [2.45, 2.75) is 149 Å². The van der Waals surface area contributed by atoms with Gasteiger partial charge in [-0.1, -0.05) is 60.1 Å². The fourth-order valence-corrected chi connectivity index (χ4v) is 12.5. The van der Waals surface area contributed by atoms with Gasteiger partial charge < -0.3 is 39.7 Å². The molecule has 1 aliphatic heterocycles. The van der Waals surface area contributed by atoms with Gasteiger partial charge >= 0.3 is 5.97 Å². The zero-order valence-electron chi connectivity index (χ0n) is 29.3. The van der Waals surface area contributed by atoms with Crippen LogP contribution in [-0.2, 0) is 19.0 Å². The summed E-state index contributed by atoms with van der Waals surface area (Å²) in [6.45, 7) is 16.9. The summed E-state index contributed by atoms with van der Waals surface area (Å²) in [5.41, 5.74) is 1.45. The summed E-state index contributed by atoms with van der Waals surface area (Å²) in [5.74, 6) is -0.387. The number of allylic oxidation sites excluding steroid dienone is 2. The smallest absolute Gasteiger partial charge is 0.335 e. The second kappa shape index (κ2) is 11.2. The molecule has 0 aromatic heterocycles. The molecular formula is C37H60O9. The van der Waals surface area contributed by atoms with Crippen LogP contribution in [-0.4, -0.2) is 88.1 Å². The molecule has 5 fully saturated rings. The van der Waals surface area contributed by atoms with Crippen LogP contribution in [0.1, 0.15) is 106 Å². The number of aliphatic hydroxyl groups is 4. The normalized spacial score (nSPS) is 54.8. The number of ether oxygens (including phenoxy) is 3. The van der Waals surface area contributed by atoms with E-state index >= 15 is 0 Å². The third-order valence-corrected chi connectivity index (χ3v) is 15.5. The number of rotatable bonds is 5. The van der Waals surface area contributed by atoms with Crippen LogP contribution in [0.5, 0.6) is 0 Å². The van der Waals surface area contributed by atoms with Crippen molar-refractivity contribution in [1.29, 1.82) is 0 Å². The van der Waals surface area contributed by atoms with Gasteiger partial charge in [-0.25, -0.2) is 4.79 Å². The molecule has 5 N–H and O–H groups in total. The molecule has 6 rings (SSSR count). The maximum Gasteiger partial charge on any atom is 0.335 e. The number of carboxylic acid groups (broad SMARTS) is 1. The highest BCUT2D eigenvalue weighted by Gasteiger charge is 2.69. The first-order valence-electron chi connectivity index (χ1n) is 17.7. The molecule has 1 heterocycles. The van der Waals surface area contributed by atoms with Crippen LogP contribution >= 0.6 is 0 Å². The van der Waals surface area contributed by atoms with E-state index in [0.29, 0.717) is 18.3 Å². The first kappa shape index (κ1) is 34.8. The topological polar surface area (TPSA) is 146 Å². The highest BCUT2D eigenvalue weighted by molar-refractivity contribution is 5.73. The quantitative estimate of drug-likeness (QED) is 0.268. The summed E-state index contributed by atoms with van der Waals surface area (Å²) in [6, 6.07) is 0. The van der Waals surface area contributed by atoms with Crippen molar-refractivity contribution < 1.29 is 44.5 Å². The Morgan fingerprint density at radius 1 is 0.870 bits per heavy atom. The van der Waals surface area contributed by atoms with Crippen molar-refractivity contribution in [2.24, 2.45) is 50.2 Å². The molecule has 1 saturated heterocycles. The third-order valence-electron chi connectivity index (χ3n) is 15.5. The van der Waals surface area contributed by atoms with E-state index < -0.39 is 48.2 Å². The molecule has 0 spiro atoms. The Hall–Kier alpha value is -1.07. The van der Waals surface area contributed by atoms with Crippen LogP contribution in [0.15, 0.2) is 11.6 Å². The molecule has 9 heteroatoms. The molecular weight excluding hydrogens is 588 g/mol. The summed E-state index contributed by atoms with van der Waals surface area (Å²) in [5, 5.41) is 52.2. The predicted octanol–water partition coefficient (Wildman–Crippen LogP) is 4.68. The highest BCUT2D eigenvalue weighted by atomic mass is 16.7. The van der Waals surface area contributed by atoms with Crippen LogP contribution < -0.4 is 0 Å². The SMILES string of the molecule is CO[C@@H]1CC(C)(C)C[C@H]2C3=CCC4[C@@]5(C)CC[C@H](O)[C@](C)(CO[C@H]6O[C@@H](C(=O)O)[C@H](O)[C@@H](O)[C@@H]6O)C5CC[C@@]4(C)[C@]3(C)CC[C@@]12C. The van der Waals surface area contributed by atoms with E-state index in [1.54, 1.807) is 5.57 Å². The van der Waals surface area contributed by atoms with Crippen molar-refractivity contribution in [3.63, 3.8) is 0 Å². The van der Waals surface area contributed by atoms with E-state index in [9.17, 15) is 30.3 Å². The standard InChI is InChI=1S/C37H60O9/c1-32(2)17-21-20-9-10-23-34(4)13-12-24(38)35(5,19-45-31-28(41)26(39)27(40)29(46-31)30(42)43)22(34)11-14-37(23,7)36(20,6)16-15-33(21,3)25(18-32)44-8/h9,21-29,31,38-41H,10-19H2,1-8H3,(H,42,43)/t21-,22?,23?,24-,25+,26+,27+,28-,29+,31-,33+,34-,35+,36+,37+/m0/s1. The Kier molecular flexibility index (Phi) is 8.49. The zero-order chi connectivity index (χ0) is 33.8. The second-order valence-electron chi connectivity index (χ2n) is 18.3. The number of methoxy groups -OCH3 is 1. The van der Waals surface area contributed by atoms with E-state index in [1.807, 2.05) is 7.11 Å². The molecule has 15 atom stereocenters. The average molecular weight is 649 g/mol. The lowest BCUT2D eigenvalue weighted by atomic mass is 9.33. The van der Waals surface area contributed by atoms with Crippen molar-refractivity contribution in [3.8, 4) is 0 Å². The summed E-state index contributed by atoms with van der Waals surface area (Å²) in [6.07, 6.45) is 3.13. The van der Waals surface area contributed by atoms with Gasteiger partial charge in [-0.15, -0.1) is 0 Å². The number of carbonyl (C=O) groups is 1. The molecule has 0 aromatic carbocycles. The molecule has 4 saturated carbocycles. The van der Waals surface area contributed by atoms with E-state index in [2.05, 4.69) is 54.5 Å². The summed E-state index contributed by atoms with van der Waals surface area (Å²) < 4.78 is 17.8. The molecule has 9 nitrogen and oxygen atoms in total. The Morgan fingerprint density at radius 3 is 2.22 bits per heavy atom. The van der Waals surface area contributed by atoms with Crippen LogP contribution in [0.4, 0.5) is 0 Å². The monoisotopic (exact) mass is 648 g/mol. The Morgan fingerprint density at radius 2 is 1.57 bits per heavy atom. The molecule has 0 aromatic rings. The van der Waals surface area contributed by atoms with Crippen molar-refractivity contribution in [2.75, 3.05) is 13.7 Å². The molecule has 0 amide bonds. The second-order valence-corrected chi connectivity index (χ2v) is 18.3. The third kappa shape index (κ3) is 4.76. The molecule has 2 unspecified atom stereocenters. The lowest BCUT2D eigenvalue weighted by Crippen LogP contribution is -2.66. The van der Waals surface area contributed by atoms with Crippen molar-refractivity contribution >= 4 is 5.97 Å². The van der Waals surface area contributed by atoms with Crippen molar-refractivity contribution in [1.82, 2.24) is 0 Å². The molecule has 0 radical (unpaired) electrons. The van der Waals surface area contributed by atoms with E-state index in [4.69, 9.17) is 14.2 Å². The van der Waals surface area contributed by atoms with Crippen LogP contribution in [0.3, 0.4) is 0 Å². The molecule has 5 aliphatic carbocycles. The Balaban J connectivity index is 1.29. The molecule has 46 heavy (non-hydrogen) atoms. The minimum absolute atomic E-state index is 0.0427. The molecule has 6 aliphatic rings. The largest absolute Gasteiger partial charge is 0.479 e. The maximum atomic E-state index is 11.7. The van der Waals surface area contributed by atoms with Crippen LogP contribution in [0.25, 0.3) is 0 Å². The maximum absolute atomic E-state index is 11.7. The lowest BCUT2D eigenvalue weighted by molar-refractivity contribution is -0.309. The summed E-state index contributed by atoms with van der Waals surface area (Å²) in [7, 11) is 1.90. The van der Waals surface area contributed by atoms with Gasteiger partial charge in [0, 0.05) is 17.9 Å². The number of aliphatic hydroxyl groups excluding tert-OH is 4. The lowest BCUT2D eigenvalue weighted by Gasteiger charge is -2.72. The van der Waals surface area contributed by atoms with Gasteiger partial charge in [0.25, 0.3) is 0 Å². The first-order valence-corrected chi connectivity index (χ1v) is 17.7. The number of carboxylic acids is 1. The minimum Gasteiger partial charge on any atom is -0.479 e. The fraction of sp³-hybridized carbons (Fsp3) is 0.919.